The topological polar surface area (TPSA) is 52.7 Å². The van der Waals surface area contributed by atoms with Crippen LogP contribution in [0, 0.1) is 6.92 Å². The molecule has 0 radical (unpaired) electrons. The van der Waals surface area contributed by atoms with Crippen molar-refractivity contribution in [2.45, 2.75) is 77.8 Å². The zero-order chi connectivity index (χ0) is 20.6. The molecule has 1 aliphatic carbocycles. The van der Waals surface area contributed by atoms with Crippen LogP contribution in [0.5, 0.6) is 0 Å². The summed E-state index contributed by atoms with van der Waals surface area (Å²) in [6.45, 7) is 13.9. The molecule has 1 heterocycles. The summed E-state index contributed by atoms with van der Waals surface area (Å²) in [6.07, 6.45) is 6.59. The van der Waals surface area contributed by atoms with Gasteiger partial charge < -0.3 is 0 Å². The van der Waals surface area contributed by atoms with E-state index in [0.717, 1.165) is 5.69 Å². The molecule has 3 N–H and O–H groups in total. The van der Waals surface area contributed by atoms with Gasteiger partial charge in [-0.3, -0.25) is 5.10 Å². The zero-order valence-electron chi connectivity index (χ0n) is 18.0. The van der Waals surface area contributed by atoms with Gasteiger partial charge in [0, 0.05) is 40.9 Å². The Morgan fingerprint density at radius 2 is 1.75 bits per heavy atom. The van der Waals surface area contributed by atoms with Crippen LogP contribution < -0.4 is 9.44 Å². The standard InChI is InChI=1S/C20H30N4S.C3H6/c1-14-5-7-15(8-6-14)18-13-19(22-21-18)16-9-11-17(12-10-16)23-25-24-20(2,3)4;1-3-2/h5-8,13,16-17,23-24H,9-12H2,1-4H3,(H,21,22);3H,1H2,2H3. The lowest BCUT2D eigenvalue weighted by Crippen LogP contribution is -2.36. The fraction of sp³-hybridized carbons (Fsp3) is 0.522. The van der Waals surface area contributed by atoms with Crippen LogP contribution in [0.1, 0.15) is 70.6 Å². The van der Waals surface area contributed by atoms with E-state index >= 15 is 0 Å². The predicted octanol–water partition coefficient (Wildman–Crippen LogP) is 6.14. The minimum Gasteiger partial charge on any atom is -0.282 e. The lowest BCUT2D eigenvalue weighted by atomic mass is 9.84. The van der Waals surface area contributed by atoms with Crippen LogP contribution in [0.2, 0.25) is 0 Å². The quantitative estimate of drug-likeness (QED) is 0.416. The van der Waals surface area contributed by atoms with Crippen molar-refractivity contribution in [1.82, 2.24) is 19.6 Å². The van der Waals surface area contributed by atoms with E-state index < -0.39 is 0 Å². The predicted molar refractivity (Wildman–Crippen MR) is 123 cm³/mol. The molecule has 1 aromatic carbocycles. The molecule has 28 heavy (non-hydrogen) atoms. The molecule has 1 fully saturated rings. The Bertz CT molecular complexity index is 707. The molecule has 0 bridgehead atoms. The Kier molecular flexibility index (Phi) is 8.80. The van der Waals surface area contributed by atoms with Crippen LogP contribution >= 0.6 is 12.1 Å². The molecule has 1 saturated carbocycles. The third kappa shape index (κ3) is 7.46. The zero-order valence-corrected chi connectivity index (χ0v) is 18.8. The van der Waals surface area contributed by atoms with E-state index in [0.29, 0.717) is 12.0 Å². The van der Waals surface area contributed by atoms with Gasteiger partial charge in [0.25, 0.3) is 0 Å². The van der Waals surface area contributed by atoms with Gasteiger partial charge in [0.1, 0.15) is 0 Å². The second-order valence-electron chi connectivity index (χ2n) is 8.60. The number of allylic oxidation sites excluding steroid dienone is 1. The first-order valence-electron chi connectivity index (χ1n) is 10.2. The number of aromatic amines is 1. The fourth-order valence-corrected chi connectivity index (χ4v) is 3.97. The number of nitrogens with zero attached hydrogens (tertiary/aromatic N) is 1. The van der Waals surface area contributed by atoms with Crippen molar-refractivity contribution in [1.29, 1.82) is 0 Å². The number of hydrogen-bond donors (Lipinski definition) is 3. The van der Waals surface area contributed by atoms with Gasteiger partial charge in [-0.1, -0.05) is 35.9 Å². The van der Waals surface area contributed by atoms with Gasteiger partial charge in [-0.05, 0) is 66.4 Å². The van der Waals surface area contributed by atoms with Crippen molar-refractivity contribution < 1.29 is 0 Å². The van der Waals surface area contributed by atoms with E-state index in [-0.39, 0.29) is 5.54 Å². The highest BCUT2D eigenvalue weighted by atomic mass is 32.2. The number of nitrogens with one attached hydrogen (secondary N) is 3. The SMILES string of the molecule is C=CC.Cc1ccc(-c2cc(C3CCC(NSNC(C)(C)C)CC3)[nH]n2)cc1. The van der Waals surface area contributed by atoms with Crippen LogP contribution in [0.25, 0.3) is 11.3 Å². The Balaban J connectivity index is 0.000000878. The van der Waals surface area contributed by atoms with Crippen LogP contribution in [0.3, 0.4) is 0 Å². The van der Waals surface area contributed by atoms with Crippen molar-refractivity contribution in [2.24, 2.45) is 0 Å². The lowest BCUT2D eigenvalue weighted by molar-refractivity contribution is 0.375. The Labute approximate surface area is 175 Å². The van der Waals surface area contributed by atoms with Crippen molar-refractivity contribution in [3.8, 4) is 11.3 Å². The van der Waals surface area contributed by atoms with Gasteiger partial charge in [-0.25, -0.2) is 9.44 Å². The van der Waals surface area contributed by atoms with Crippen LogP contribution in [-0.2, 0) is 0 Å². The Morgan fingerprint density at radius 1 is 1.14 bits per heavy atom. The molecule has 0 amide bonds. The van der Waals surface area contributed by atoms with Gasteiger partial charge in [0.15, 0.2) is 0 Å². The van der Waals surface area contributed by atoms with E-state index in [1.54, 1.807) is 18.2 Å². The Hall–Kier alpha value is -1.56. The highest BCUT2D eigenvalue weighted by Gasteiger charge is 2.24. The second-order valence-corrected chi connectivity index (χ2v) is 9.25. The Morgan fingerprint density at radius 3 is 2.32 bits per heavy atom. The van der Waals surface area contributed by atoms with E-state index in [1.807, 2.05) is 6.92 Å². The molecule has 0 saturated heterocycles. The molecule has 3 rings (SSSR count). The van der Waals surface area contributed by atoms with Crippen molar-refractivity contribution in [3.05, 3.63) is 54.2 Å². The smallest absolute Gasteiger partial charge is 0.0923 e. The van der Waals surface area contributed by atoms with Gasteiger partial charge >= 0.3 is 0 Å². The maximum atomic E-state index is 4.53. The van der Waals surface area contributed by atoms with E-state index in [4.69, 9.17) is 0 Å². The number of rotatable bonds is 5. The highest BCUT2D eigenvalue weighted by molar-refractivity contribution is 7.95. The summed E-state index contributed by atoms with van der Waals surface area (Å²) in [5.41, 5.74) is 4.95. The number of hydrogen-bond acceptors (Lipinski definition) is 4. The molecule has 0 unspecified atom stereocenters. The third-order valence-corrected chi connectivity index (χ3v) is 5.86. The van der Waals surface area contributed by atoms with E-state index in [2.05, 4.69) is 84.2 Å². The minimum atomic E-state index is 0.136. The molecular weight excluding hydrogens is 364 g/mol. The van der Waals surface area contributed by atoms with Gasteiger partial charge in [-0.15, -0.1) is 6.58 Å². The average Bonchev–Trinajstić information content (AvgIpc) is 3.13. The molecule has 0 atom stereocenters. The molecule has 1 aromatic heterocycles. The molecule has 5 heteroatoms. The van der Waals surface area contributed by atoms with E-state index in [1.165, 1.54) is 42.5 Å². The molecule has 154 valence electrons. The largest absolute Gasteiger partial charge is 0.282 e. The summed E-state index contributed by atoms with van der Waals surface area (Å²) in [5.74, 6) is 0.602. The number of aromatic nitrogens is 2. The molecular formula is C23H36N4S. The summed E-state index contributed by atoms with van der Waals surface area (Å²) in [6, 6.07) is 11.4. The maximum absolute atomic E-state index is 4.53. The van der Waals surface area contributed by atoms with Crippen molar-refractivity contribution in [2.75, 3.05) is 0 Å². The van der Waals surface area contributed by atoms with Crippen LogP contribution in [0.4, 0.5) is 0 Å². The molecule has 2 aromatic rings. The molecule has 0 spiro atoms. The number of benzene rings is 1. The van der Waals surface area contributed by atoms with Crippen LogP contribution in [-0.4, -0.2) is 21.8 Å². The van der Waals surface area contributed by atoms with Gasteiger partial charge in [-0.2, -0.15) is 5.10 Å². The molecule has 0 aliphatic heterocycles. The maximum Gasteiger partial charge on any atom is 0.0923 e. The summed E-state index contributed by atoms with van der Waals surface area (Å²) < 4.78 is 6.99. The lowest BCUT2D eigenvalue weighted by Gasteiger charge is -2.29. The monoisotopic (exact) mass is 400 g/mol. The minimum absolute atomic E-state index is 0.136. The first-order valence-corrected chi connectivity index (χ1v) is 11.0. The second kappa shape index (κ2) is 10.8. The number of aryl methyl sites for hydroxylation is 1. The van der Waals surface area contributed by atoms with E-state index in [9.17, 15) is 0 Å². The van der Waals surface area contributed by atoms with Crippen molar-refractivity contribution >= 4 is 12.1 Å². The average molecular weight is 401 g/mol. The third-order valence-electron chi connectivity index (χ3n) is 4.69. The summed E-state index contributed by atoms with van der Waals surface area (Å²) in [5, 5.41) is 7.81. The van der Waals surface area contributed by atoms with Crippen LogP contribution in [0.15, 0.2) is 43.0 Å². The number of H-pyrrole nitrogens is 1. The summed E-state index contributed by atoms with van der Waals surface area (Å²) >= 11 is 1.65. The first kappa shape index (κ1) is 22.7. The van der Waals surface area contributed by atoms with Gasteiger partial charge in [0.2, 0.25) is 0 Å². The summed E-state index contributed by atoms with van der Waals surface area (Å²) in [7, 11) is 0. The fourth-order valence-electron chi connectivity index (χ4n) is 3.21. The first-order chi connectivity index (χ1) is 13.3. The van der Waals surface area contributed by atoms with Crippen molar-refractivity contribution in [3.63, 3.8) is 0 Å². The van der Waals surface area contributed by atoms with Gasteiger partial charge in [0.05, 0.1) is 5.69 Å². The molecule has 4 nitrogen and oxygen atoms in total. The summed E-state index contributed by atoms with van der Waals surface area (Å²) in [4.78, 5) is 0. The highest BCUT2D eigenvalue weighted by Crippen LogP contribution is 2.34. The normalized spacial score (nSPS) is 19.6. The molecule has 1 aliphatic rings.